The Morgan fingerprint density at radius 3 is 2.78 bits per heavy atom. The Morgan fingerprint density at radius 1 is 1.33 bits per heavy atom. The summed E-state index contributed by atoms with van der Waals surface area (Å²) in [6, 6.07) is 5.88. The number of nitrogen functional groups attached to an aromatic ring is 1. The van der Waals surface area contributed by atoms with E-state index in [0.29, 0.717) is 15.6 Å². The Morgan fingerprint density at radius 2 is 2.06 bits per heavy atom. The highest BCUT2D eigenvalue weighted by Crippen LogP contribution is 2.31. The summed E-state index contributed by atoms with van der Waals surface area (Å²) in [5.74, 6) is -0.171. The highest BCUT2D eigenvalue weighted by Gasteiger charge is 2.17. The van der Waals surface area contributed by atoms with Crippen LogP contribution in [0.25, 0.3) is 0 Å². The van der Waals surface area contributed by atoms with Gasteiger partial charge in [-0.25, -0.2) is 9.37 Å². The fraction of sp³-hybridized carbons (Fsp3) is 0.154. The number of nitrogens with zero attached hydrogens (tertiary/aromatic N) is 1. The molecule has 0 aliphatic heterocycles. The first-order chi connectivity index (χ1) is 8.49. The van der Waals surface area contributed by atoms with Crippen LogP contribution < -0.4 is 5.73 Å². The lowest BCUT2D eigenvalue weighted by Crippen LogP contribution is -2.07. The molecule has 3 N–H and O–H groups in total. The number of anilines is 1. The molecule has 2 aromatic rings. The van der Waals surface area contributed by atoms with E-state index in [1.165, 1.54) is 12.1 Å². The lowest BCUT2D eigenvalue weighted by molar-refractivity contribution is 0.219. The number of aryl methyl sites for hydroxylation is 1. The molecule has 0 aliphatic carbocycles. The minimum atomic E-state index is -1.01. The van der Waals surface area contributed by atoms with Gasteiger partial charge in [0.25, 0.3) is 0 Å². The predicted molar refractivity (Wildman–Crippen MR) is 71.5 cm³/mol. The first-order valence-corrected chi connectivity index (χ1v) is 6.13. The summed E-state index contributed by atoms with van der Waals surface area (Å²) in [5.41, 5.74) is 7.51. The van der Waals surface area contributed by atoms with Crippen molar-refractivity contribution in [3.63, 3.8) is 0 Å². The molecular formula is C13H12BrFN2O. The second kappa shape index (κ2) is 5.04. The van der Waals surface area contributed by atoms with Crippen LogP contribution in [-0.2, 0) is 0 Å². The number of nitrogens with two attached hydrogens (primary N) is 1. The highest BCUT2D eigenvalue weighted by molar-refractivity contribution is 9.10. The van der Waals surface area contributed by atoms with Gasteiger partial charge in [0.2, 0.25) is 0 Å². The van der Waals surface area contributed by atoms with Gasteiger partial charge in [-0.3, -0.25) is 0 Å². The Bertz CT molecular complexity index is 538. The van der Waals surface area contributed by atoms with E-state index >= 15 is 0 Å². The van der Waals surface area contributed by atoms with Crippen LogP contribution in [-0.4, -0.2) is 10.1 Å². The van der Waals surface area contributed by atoms with Crippen molar-refractivity contribution in [1.29, 1.82) is 0 Å². The minimum absolute atomic E-state index is 0.240. The number of aliphatic hydroxyl groups excluding tert-OH is 1. The molecule has 0 radical (unpaired) electrons. The van der Waals surface area contributed by atoms with E-state index in [0.717, 1.165) is 5.56 Å². The lowest BCUT2D eigenvalue weighted by Gasteiger charge is -2.15. The van der Waals surface area contributed by atoms with Crippen LogP contribution in [0.1, 0.15) is 22.8 Å². The monoisotopic (exact) mass is 310 g/mol. The topological polar surface area (TPSA) is 59.1 Å². The Kier molecular flexibility index (Phi) is 3.63. The number of aliphatic hydroxyl groups is 1. The van der Waals surface area contributed by atoms with E-state index in [-0.39, 0.29) is 5.82 Å². The summed E-state index contributed by atoms with van der Waals surface area (Å²) >= 11 is 3.28. The third kappa shape index (κ3) is 2.52. The lowest BCUT2D eigenvalue weighted by atomic mass is 10.0. The number of rotatable bonds is 2. The molecule has 18 heavy (non-hydrogen) atoms. The van der Waals surface area contributed by atoms with Gasteiger partial charge in [-0.05, 0) is 36.8 Å². The maximum absolute atomic E-state index is 13.2. The normalized spacial score (nSPS) is 12.4. The number of benzene rings is 1. The van der Waals surface area contributed by atoms with Crippen molar-refractivity contribution in [3.8, 4) is 0 Å². The van der Waals surface area contributed by atoms with Crippen molar-refractivity contribution < 1.29 is 9.50 Å². The fourth-order valence-electron chi connectivity index (χ4n) is 1.71. The quantitative estimate of drug-likeness (QED) is 0.896. The van der Waals surface area contributed by atoms with Crippen LogP contribution >= 0.6 is 15.9 Å². The van der Waals surface area contributed by atoms with Crippen LogP contribution in [0.2, 0.25) is 0 Å². The molecular weight excluding hydrogens is 299 g/mol. The molecule has 3 nitrogen and oxygen atoms in total. The van der Waals surface area contributed by atoms with E-state index in [1.807, 2.05) is 6.92 Å². The minimum Gasteiger partial charge on any atom is -0.383 e. The van der Waals surface area contributed by atoms with Crippen molar-refractivity contribution >= 4 is 21.7 Å². The van der Waals surface area contributed by atoms with Gasteiger partial charge in [0.05, 0.1) is 0 Å². The SMILES string of the molecule is Cc1cnc(N)c(C(O)c2cc(F)ccc2Br)c1. The maximum atomic E-state index is 13.2. The molecule has 1 heterocycles. The van der Waals surface area contributed by atoms with Gasteiger partial charge in [-0.2, -0.15) is 0 Å². The van der Waals surface area contributed by atoms with Crippen molar-refractivity contribution in [3.05, 3.63) is 57.4 Å². The van der Waals surface area contributed by atoms with Crippen LogP contribution in [0.15, 0.2) is 34.9 Å². The summed E-state index contributed by atoms with van der Waals surface area (Å²) in [6.07, 6.45) is 0.606. The van der Waals surface area contributed by atoms with Gasteiger partial charge in [0.1, 0.15) is 17.7 Å². The van der Waals surface area contributed by atoms with Crippen LogP contribution in [0, 0.1) is 12.7 Å². The molecule has 0 spiro atoms. The summed E-state index contributed by atoms with van der Waals surface area (Å²) in [6.45, 7) is 1.85. The van der Waals surface area contributed by atoms with Crippen molar-refractivity contribution in [2.75, 3.05) is 5.73 Å². The smallest absolute Gasteiger partial charge is 0.129 e. The molecule has 1 aromatic heterocycles. The number of aromatic nitrogens is 1. The van der Waals surface area contributed by atoms with E-state index in [4.69, 9.17) is 5.73 Å². The van der Waals surface area contributed by atoms with Gasteiger partial charge in [-0.15, -0.1) is 0 Å². The van der Waals surface area contributed by atoms with Crippen LogP contribution in [0.4, 0.5) is 10.2 Å². The van der Waals surface area contributed by atoms with E-state index in [9.17, 15) is 9.50 Å². The van der Waals surface area contributed by atoms with Gasteiger partial charge in [0.15, 0.2) is 0 Å². The Labute approximate surface area is 113 Å². The third-order valence-electron chi connectivity index (χ3n) is 2.63. The standard InChI is InChI=1S/C13H12BrFN2O/c1-7-4-10(13(16)17-6-7)12(18)9-5-8(15)2-3-11(9)14/h2-6,12,18H,1H3,(H2,16,17). The first kappa shape index (κ1) is 13.0. The average molecular weight is 311 g/mol. The number of hydrogen-bond donors (Lipinski definition) is 2. The first-order valence-electron chi connectivity index (χ1n) is 5.34. The van der Waals surface area contributed by atoms with E-state index < -0.39 is 11.9 Å². The van der Waals surface area contributed by atoms with Gasteiger partial charge >= 0.3 is 0 Å². The number of hydrogen-bond acceptors (Lipinski definition) is 3. The molecule has 1 aromatic carbocycles. The fourth-order valence-corrected chi connectivity index (χ4v) is 2.18. The van der Waals surface area contributed by atoms with Crippen LogP contribution in [0.3, 0.4) is 0 Å². The van der Waals surface area contributed by atoms with Crippen molar-refractivity contribution in [2.24, 2.45) is 0 Å². The second-order valence-electron chi connectivity index (χ2n) is 4.06. The third-order valence-corrected chi connectivity index (χ3v) is 3.36. The van der Waals surface area contributed by atoms with Crippen molar-refractivity contribution in [1.82, 2.24) is 4.98 Å². The highest BCUT2D eigenvalue weighted by atomic mass is 79.9. The number of halogens is 2. The molecule has 0 saturated heterocycles. The zero-order valence-electron chi connectivity index (χ0n) is 9.69. The van der Waals surface area contributed by atoms with E-state index in [2.05, 4.69) is 20.9 Å². The zero-order valence-corrected chi connectivity index (χ0v) is 11.3. The summed E-state index contributed by atoms with van der Waals surface area (Å²) in [7, 11) is 0. The molecule has 0 saturated carbocycles. The van der Waals surface area contributed by atoms with Crippen LogP contribution in [0.5, 0.6) is 0 Å². The Hall–Kier alpha value is -1.46. The largest absolute Gasteiger partial charge is 0.383 e. The van der Waals surface area contributed by atoms with Crippen molar-refractivity contribution in [2.45, 2.75) is 13.0 Å². The van der Waals surface area contributed by atoms with Gasteiger partial charge in [-0.1, -0.05) is 15.9 Å². The molecule has 2 rings (SSSR count). The van der Waals surface area contributed by atoms with Gasteiger partial charge in [0, 0.05) is 21.8 Å². The summed E-state index contributed by atoms with van der Waals surface area (Å²) in [4.78, 5) is 3.99. The zero-order chi connectivity index (χ0) is 13.3. The molecule has 1 atom stereocenters. The maximum Gasteiger partial charge on any atom is 0.129 e. The molecule has 94 valence electrons. The number of pyridine rings is 1. The second-order valence-corrected chi connectivity index (χ2v) is 4.91. The average Bonchev–Trinajstić information content (AvgIpc) is 2.34. The predicted octanol–water partition coefficient (Wildman–Crippen LogP) is 2.96. The summed E-state index contributed by atoms with van der Waals surface area (Å²) in [5, 5.41) is 10.3. The van der Waals surface area contributed by atoms with E-state index in [1.54, 1.807) is 18.3 Å². The molecule has 1 unspecified atom stereocenters. The molecule has 0 fully saturated rings. The molecule has 5 heteroatoms. The molecule has 0 amide bonds. The summed E-state index contributed by atoms with van der Waals surface area (Å²) < 4.78 is 13.8. The van der Waals surface area contributed by atoms with Gasteiger partial charge < -0.3 is 10.8 Å². The molecule has 0 aliphatic rings. The Balaban J connectivity index is 2.50. The molecule has 0 bridgehead atoms.